The average molecular weight is 520 g/mol. The zero-order valence-corrected chi connectivity index (χ0v) is 21.3. The summed E-state index contributed by atoms with van der Waals surface area (Å²) in [7, 11) is -3.93. The van der Waals surface area contributed by atoms with Crippen LogP contribution in [0.5, 0.6) is 0 Å². The molecule has 4 N–H and O–H groups in total. The third-order valence-corrected chi connectivity index (χ3v) is 8.54. The van der Waals surface area contributed by atoms with Gasteiger partial charge in [0.25, 0.3) is 5.91 Å². The number of piperidine rings is 1. The first-order valence-corrected chi connectivity index (χ1v) is 13.4. The van der Waals surface area contributed by atoms with Crippen LogP contribution in [0.1, 0.15) is 49.0 Å². The number of rotatable bonds is 6. The highest BCUT2D eigenvalue weighted by atomic mass is 35.5. The number of aliphatic hydroxyl groups is 1. The van der Waals surface area contributed by atoms with Crippen molar-refractivity contribution in [3.8, 4) is 0 Å². The summed E-state index contributed by atoms with van der Waals surface area (Å²) in [5, 5.41) is 20.1. The molecular weight excluding hydrogens is 490 g/mol. The molecule has 1 aliphatic carbocycles. The van der Waals surface area contributed by atoms with Crippen molar-refractivity contribution < 1.29 is 23.1 Å². The molecular formula is C25H30ClN3O5S. The van der Waals surface area contributed by atoms with E-state index in [1.807, 2.05) is 26.0 Å². The monoisotopic (exact) mass is 519 g/mol. The largest absolute Gasteiger partial charge is 0.384 e. The molecule has 10 heteroatoms. The number of likely N-dealkylation sites (tertiary alicyclic amines) is 1. The predicted octanol–water partition coefficient (Wildman–Crippen LogP) is 2.64. The SMILES string of the molecule is CC1(C)CN(C(=O)C2(CNC(=O)c3cccc(S(N)(=O)=O)c3)CC2)CC[C@]1(O)c1ccc(Cl)cc1. The van der Waals surface area contributed by atoms with Gasteiger partial charge >= 0.3 is 0 Å². The van der Waals surface area contributed by atoms with Crippen molar-refractivity contribution in [3.05, 3.63) is 64.7 Å². The van der Waals surface area contributed by atoms with Crippen LogP contribution in [0.25, 0.3) is 0 Å². The third kappa shape index (κ3) is 4.95. The Hall–Kier alpha value is -2.46. The number of carbonyl (C=O) groups excluding carboxylic acids is 2. The summed E-state index contributed by atoms with van der Waals surface area (Å²) in [5.74, 6) is -0.506. The van der Waals surface area contributed by atoms with Gasteiger partial charge in [0.1, 0.15) is 0 Å². The minimum absolute atomic E-state index is 0.0395. The lowest BCUT2D eigenvalue weighted by Gasteiger charge is -2.51. The maximum absolute atomic E-state index is 13.5. The topological polar surface area (TPSA) is 130 Å². The normalized spacial score (nSPS) is 22.9. The number of hydrogen-bond donors (Lipinski definition) is 3. The molecule has 0 aromatic heterocycles. The van der Waals surface area contributed by atoms with E-state index < -0.39 is 32.4 Å². The zero-order valence-electron chi connectivity index (χ0n) is 19.8. The van der Waals surface area contributed by atoms with Crippen LogP contribution in [0, 0.1) is 10.8 Å². The molecule has 2 aromatic rings. The van der Waals surface area contributed by atoms with Gasteiger partial charge in [-0.05, 0) is 55.2 Å². The number of benzene rings is 2. The molecule has 1 atom stereocenters. The molecule has 2 amide bonds. The van der Waals surface area contributed by atoms with Gasteiger partial charge in [-0.2, -0.15) is 0 Å². The Labute approximate surface area is 210 Å². The minimum Gasteiger partial charge on any atom is -0.384 e. The molecule has 1 aliphatic heterocycles. The molecule has 188 valence electrons. The van der Waals surface area contributed by atoms with E-state index in [4.69, 9.17) is 16.7 Å². The van der Waals surface area contributed by atoms with E-state index in [-0.39, 0.29) is 22.9 Å². The Morgan fingerprint density at radius 3 is 2.34 bits per heavy atom. The minimum atomic E-state index is -3.93. The van der Waals surface area contributed by atoms with Crippen LogP contribution in [-0.2, 0) is 20.4 Å². The van der Waals surface area contributed by atoms with Crippen molar-refractivity contribution in [2.45, 2.75) is 43.6 Å². The second-order valence-corrected chi connectivity index (χ2v) is 12.3. The molecule has 4 rings (SSSR count). The maximum atomic E-state index is 13.5. The van der Waals surface area contributed by atoms with Crippen LogP contribution >= 0.6 is 11.6 Å². The van der Waals surface area contributed by atoms with Crippen LogP contribution in [0.4, 0.5) is 0 Å². The summed E-state index contributed by atoms with van der Waals surface area (Å²) < 4.78 is 23.2. The molecule has 0 radical (unpaired) electrons. The van der Waals surface area contributed by atoms with Crippen molar-refractivity contribution >= 4 is 33.4 Å². The lowest BCUT2D eigenvalue weighted by molar-refractivity contribution is -0.157. The number of amides is 2. The standard InChI is InChI=1S/C25H30ClN3O5S/c1-23(2)16-29(13-12-25(23,32)18-6-8-19(26)9-7-18)22(31)24(10-11-24)15-28-21(30)17-4-3-5-20(14-17)35(27,33)34/h3-9,14,32H,10-13,15-16H2,1-2H3,(H,28,30)(H2,27,33,34)/t25-/m0/s1. The van der Waals surface area contributed by atoms with Gasteiger partial charge in [0, 0.05) is 35.6 Å². The molecule has 2 fully saturated rings. The lowest BCUT2D eigenvalue weighted by Crippen LogP contribution is -2.58. The summed E-state index contributed by atoms with van der Waals surface area (Å²) in [6, 6.07) is 12.6. The molecule has 2 aromatic carbocycles. The van der Waals surface area contributed by atoms with E-state index >= 15 is 0 Å². The predicted molar refractivity (Wildman–Crippen MR) is 132 cm³/mol. The first kappa shape index (κ1) is 25.6. The van der Waals surface area contributed by atoms with E-state index in [1.165, 1.54) is 24.3 Å². The van der Waals surface area contributed by atoms with Gasteiger partial charge in [-0.3, -0.25) is 9.59 Å². The third-order valence-electron chi connectivity index (χ3n) is 7.38. The number of carbonyl (C=O) groups is 2. The summed E-state index contributed by atoms with van der Waals surface area (Å²) >= 11 is 6.01. The van der Waals surface area contributed by atoms with E-state index in [9.17, 15) is 23.1 Å². The van der Waals surface area contributed by atoms with Crippen LogP contribution in [0.15, 0.2) is 53.4 Å². The number of primary sulfonamides is 1. The summed E-state index contributed by atoms with van der Waals surface area (Å²) in [6.45, 7) is 4.81. The lowest BCUT2D eigenvalue weighted by atomic mass is 9.66. The van der Waals surface area contributed by atoms with Crippen molar-refractivity contribution in [2.24, 2.45) is 16.0 Å². The van der Waals surface area contributed by atoms with Gasteiger partial charge in [-0.25, -0.2) is 13.6 Å². The molecule has 2 aliphatic rings. The van der Waals surface area contributed by atoms with E-state index in [0.29, 0.717) is 37.4 Å². The van der Waals surface area contributed by atoms with Crippen molar-refractivity contribution in [3.63, 3.8) is 0 Å². The summed E-state index contributed by atoms with van der Waals surface area (Å²) in [5.41, 5.74) is -1.46. The highest BCUT2D eigenvalue weighted by Crippen LogP contribution is 2.51. The molecule has 0 bridgehead atoms. The second-order valence-electron chi connectivity index (χ2n) is 10.3. The fraction of sp³-hybridized carbons (Fsp3) is 0.440. The van der Waals surface area contributed by atoms with Crippen LogP contribution < -0.4 is 10.5 Å². The van der Waals surface area contributed by atoms with Crippen LogP contribution in [0.3, 0.4) is 0 Å². The summed E-state index contributed by atoms with van der Waals surface area (Å²) in [6.07, 6.45) is 1.69. The number of halogens is 1. The zero-order chi connectivity index (χ0) is 25.6. The summed E-state index contributed by atoms with van der Waals surface area (Å²) in [4.78, 5) is 27.8. The smallest absolute Gasteiger partial charge is 0.251 e. The fourth-order valence-corrected chi connectivity index (χ4v) is 5.56. The molecule has 1 saturated heterocycles. The highest BCUT2D eigenvalue weighted by molar-refractivity contribution is 7.89. The Kier molecular flexibility index (Phi) is 6.51. The number of nitrogens with two attached hydrogens (primary N) is 1. The van der Waals surface area contributed by atoms with Gasteiger partial charge in [0.2, 0.25) is 15.9 Å². The van der Waals surface area contributed by atoms with Gasteiger partial charge < -0.3 is 15.3 Å². The quantitative estimate of drug-likeness (QED) is 0.540. The second kappa shape index (κ2) is 8.89. The Morgan fingerprint density at radius 1 is 1.11 bits per heavy atom. The molecule has 1 heterocycles. The van der Waals surface area contributed by atoms with Crippen molar-refractivity contribution in [1.29, 1.82) is 0 Å². The fourth-order valence-electron chi connectivity index (χ4n) is 4.87. The van der Waals surface area contributed by atoms with Crippen molar-refractivity contribution in [2.75, 3.05) is 19.6 Å². The van der Waals surface area contributed by atoms with Gasteiger partial charge in [-0.1, -0.05) is 43.6 Å². The number of sulfonamides is 1. The van der Waals surface area contributed by atoms with Crippen LogP contribution in [-0.4, -0.2) is 49.9 Å². The molecule has 0 spiro atoms. The van der Waals surface area contributed by atoms with Gasteiger partial charge in [0.05, 0.1) is 15.9 Å². The molecule has 8 nitrogen and oxygen atoms in total. The van der Waals surface area contributed by atoms with Gasteiger partial charge in [-0.15, -0.1) is 0 Å². The van der Waals surface area contributed by atoms with E-state index in [1.54, 1.807) is 17.0 Å². The Balaban J connectivity index is 1.43. The van der Waals surface area contributed by atoms with Crippen LogP contribution in [0.2, 0.25) is 5.02 Å². The molecule has 1 saturated carbocycles. The molecule has 35 heavy (non-hydrogen) atoms. The van der Waals surface area contributed by atoms with E-state index in [0.717, 1.165) is 5.56 Å². The Bertz CT molecular complexity index is 1260. The first-order chi connectivity index (χ1) is 16.3. The van der Waals surface area contributed by atoms with Crippen molar-refractivity contribution in [1.82, 2.24) is 10.2 Å². The molecule has 0 unspecified atom stereocenters. The highest BCUT2D eigenvalue weighted by Gasteiger charge is 2.56. The average Bonchev–Trinajstić information content (AvgIpc) is 3.60. The number of nitrogens with zero attached hydrogens (tertiary/aromatic N) is 1. The van der Waals surface area contributed by atoms with Gasteiger partial charge in [0.15, 0.2) is 0 Å². The number of nitrogens with one attached hydrogen (secondary N) is 1. The maximum Gasteiger partial charge on any atom is 0.251 e. The number of hydrogen-bond acceptors (Lipinski definition) is 5. The van der Waals surface area contributed by atoms with E-state index in [2.05, 4.69) is 5.32 Å². The first-order valence-electron chi connectivity index (χ1n) is 11.5. The Morgan fingerprint density at radius 2 is 1.77 bits per heavy atom.